The van der Waals surface area contributed by atoms with Crippen LogP contribution in [0, 0.1) is 0 Å². The van der Waals surface area contributed by atoms with Crippen LogP contribution in [-0.4, -0.2) is 40.2 Å². The highest BCUT2D eigenvalue weighted by Gasteiger charge is 2.24. The fraction of sp³-hybridized carbons (Fsp3) is 0.259. The van der Waals surface area contributed by atoms with E-state index in [0.29, 0.717) is 25.0 Å². The highest BCUT2D eigenvalue weighted by molar-refractivity contribution is 5.83. The SMILES string of the molecule is CCc1c(OC(=O)OC)cc(OC(=O)OC)c(-c2cccc(-c3ccccc3)c2)c1CCOC. The van der Waals surface area contributed by atoms with Crippen molar-refractivity contribution >= 4 is 12.3 Å². The van der Waals surface area contributed by atoms with Crippen LogP contribution in [0.1, 0.15) is 18.1 Å². The molecule has 0 aliphatic heterocycles. The number of benzene rings is 3. The third-order valence-electron chi connectivity index (χ3n) is 5.36. The molecule has 0 N–H and O–H groups in total. The summed E-state index contributed by atoms with van der Waals surface area (Å²) in [5.74, 6) is 0.460. The third-order valence-corrected chi connectivity index (χ3v) is 5.36. The van der Waals surface area contributed by atoms with Gasteiger partial charge in [0.1, 0.15) is 11.5 Å². The van der Waals surface area contributed by atoms with E-state index in [1.165, 1.54) is 20.3 Å². The van der Waals surface area contributed by atoms with Crippen LogP contribution in [0.15, 0.2) is 60.7 Å². The quantitative estimate of drug-likeness (QED) is 0.296. The molecule has 7 heteroatoms. The van der Waals surface area contributed by atoms with Gasteiger partial charge in [0.05, 0.1) is 20.8 Å². The minimum Gasteiger partial charge on any atom is -0.437 e. The van der Waals surface area contributed by atoms with Crippen molar-refractivity contribution in [3.05, 3.63) is 71.8 Å². The Morgan fingerprint density at radius 3 is 1.94 bits per heavy atom. The van der Waals surface area contributed by atoms with Crippen molar-refractivity contribution in [2.45, 2.75) is 19.8 Å². The second kappa shape index (κ2) is 11.9. The van der Waals surface area contributed by atoms with E-state index in [1.807, 2.05) is 61.5 Å². The number of rotatable bonds is 8. The molecule has 0 heterocycles. The fourth-order valence-electron chi connectivity index (χ4n) is 3.83. The topological polar surface area (TPSA) is 80.3 Å². The lowest BCUT2D eigenvalue weighted by atomic mass is 9.89. The zero-order valence-corrected chi connectivity index (χ0v) is 19.8. The fourth-order valence-corrected chi connectivity index (χ4v) is 3.83. The lowest BCUT2D eigenvalue weighted by Gasteiger charge is -2.21. The van der Waals surface area contributed by atoms with E-state index in [2.05, 4.69) is 4.74 Å². The molecule has 0 amide bonds. The molecule has 0 aromatic heterocycles. The largest absolute Gasteiger partial charge is 0.513 e. The van der Waals surface area contributed by atoms with Gasteiger partial charge in [0.15, 0.2) is 0 Å². The number of hydrogen-bond acceptors (Lipinski definition) is 7. The van der Waals surface area contributed by atoms with Gasteiger partial charge in [-0.05, 0) is 46.7 Å². The van der Waals surface area contributed by atoms with Crippen molar-refractivity contribution in [3.63, 3.8) is 0 Å². The molecule has 7 nitrogen and oxygen atoms in total. The van der Waals surface area contributed by atoms with E-state index in [1.54, 1.807) is 7.11 Å². The van der Waals surface area contributed by atoms with Crippen molar-refractivity contribution in [1.82, 2.24) is 0 Å². The Kier molecular flexibility index (Phi) is 8.65. The van der Waals surface area contributed by atoms with Crippen molar-refractivity contribution < 1.29 is 33.3 Å². The lowest BCUT2D eigenvalue weighted by Crippen LogP contribution is -2.14. The molecule has 0 aliphatic carbocycles. The van der Waals surface area contributed by atoms with E-state index in [0.717, 1.165) is 27.8 Å². The van der Waals surface area contributed by atoms with Crippen molar-refractivity contribution in [2.24, 2.45) is 0 Å². The van der Waals surface area contributed by atoms with Crippen LogP contribution >= 0.6 is 0 Å². The Hall–Kier alpha value is -3.84. The molecule has 3 aromatic carbocycles. The number of methoxy groups -OCH3 is 3. The van der Waals surface area contributed by atoms with E-state index in [4.69, 9.17) is 18.9 Å². The Labute approximate surface area is 199 Å². The first-order valence-corrected chi connectivity index (χ1v) is 10.9. The molecule has 34 heavy (non-hydrogen) atoms. The third kappa shape index (κ3) is 5.74. The predicted octanol–water partition coefficient (Wildman–Crippen LogP) is 6.06. The molecule has 0 atom stereocenters. The van der Waals surface area contributed by atoms with Gasteiger partial charge in [0.2, 0.25) is 0 Å². The minimum atomic E-state index is -0.883. The summed E-state index contributed by atoms with van der Waals surface area (Å²) in [5, 5.41) is 0. The van der Waals surface area contributed by atoms with Crippen molar-refractivity contribution in [1.29, 1.82) is 0 Å². The van der Waals surface area contributed by atoms with Gasteiger partial charge in [-0.2, -0.15) is 0 Å². The number of carbonyl (C=O) groups is 2. The minimum absolute atomic E-state index is 0.208. The summed E-state index contributed by atoms with van der Waals surface area (Å²) < 4.78 is 25.7. The smallest absolute Gasteiger partial charge is 0.437 e. The first-order chi connectivity index (χ1) is 16.5. The first-order valence-electron chi connectivity index (χ1n) is 10.9. The zero-order valence-electron chi connectivity index (χ0n) is 19.8. The maximum atomic E-state index is 12.1. The molecule has 3 rings (SSSR count). The molecular formula is C27H28O7. The molecule has 3 aromatic rings. The summed E-state index contributed by atoms with van der Waals surface area (Å²) in [7, 11) is 4.08. The van der Waals surface area contributed by atoms with E-state index < -0.39 is 12.3 Å². The monoisotopic (exact) mass is 464 g/mol. The van der Waals surface area contributed by atoms with Crippen LogP contribution in [-0.2, 0) is 27.1 Å². The number of carbonyl (C=O) groups excluding carboxylic acids is 2. The van der Waals surface area contributed by atoms with Crippen molar-refractivity contribution in [2.75, 3.05) is 27.9 Å². The molecule has 0 saturated heterocycles. The summed E-state index contributed by atoms with van der Waals surface area (Å²) in [6.45, 7) is 2.37. The summed E-state index contributed by atoms with van der Waals surface area (Å²) >= 11 is 0. The molecule has 0 fully saturated rings. The summed E-state index contributed by atoms with van der Waals surface area (Å²) in [4.78, 5) is 24.0. The first kappa shape index (κ1) is 24.8. The Morgan fingerprint density at radius 1 is 0.706 bits per heavy atom. The van der Waals surface area contributed by atoms with E-state index in [9.17, 15) is 9.59 Å². The van der Waals surface area contributed by atoms with Crippen LogP contribution in [0.5, 0.6) is 11.5 Å². The maximum absolute atomic E-state index is 12.1. The molecule has 0 bridgehead atoms. The Bertz CT molecular complexity index is 1140. The summed E-state index contributed by atoms with van der Waals surface area (Å²) in [6.07, 6.45) is -0.683. The van der Waals surface area contributed by atoms with Crippen LogP contribution < -0.4 is 9.47 Å². The average molecular weight is 465 g/mol. The highest BCUT2D eigenvalue weighted by atomic mass is 16.7. The van der Waals surface area contributed by atoms with Crippen LogP contribution in [0.2, 0.25) is 0 Å². The lowest BCUT2D eigenvalue weighted by molar-refractivity contribution is 0.119. The number of hydrogen-bond donors (Lipinski definition) is 0. The molecule has 178 valence electrons. The van der Waals surface area contributed by atoms with Crippen LogP contribution in [0.25, 0.3) is 22.3 Å². The second-order valence-electron chi connectivity index (χ2n) is 7.36. The van der Waals surface area contributed by atoms with Gasteiger partial charge >= 0.3 is 12.3 Å². The Morgan fingerprint density at radius 2 is 1.32 bits per heavy atom. The van der Waals surface area contributed by atoms with Crippen LogP contribution in [0.3, 0.4) is 0 Å². The van der Waals surface area contributed by atoms with Gasteiger partial charge in [-0.25, -0.2) is 9.59 Å². The van der Waals surface area contributed by atoms with Gasteiger partial charge < -0.3 is 23.7 Å². The number of ether oxygens (including phenoxy) is 5. The standard InChI is InChI=1S/C27H28O7/c1-5-21-22(14-15-30-2)25(20-13-9-12-19(16-20)18-10-7-6-8-11-18)24(34-27(29)32-4)17-23(21)33-26(28)31-3/h6-13,16-17H,5,14-15H2,1-4H3. The zero-order chi connectivity index (χ0) is 24.5. The maximum Gasteiger partial charge on any atom is 0.513 e. The van der Waals surface area contributed by atoms with Gasteiger partial charge in [0, 0.05) is 18.7 Å². The molecular weight excluding hydrogens is 436 g/mol. The van der Waals surface area contributed by atoms with E-state index in [-0.39, 0.29) is 11.5 Å². The van der Waals surface area contributed by atoms with Gasteiger partial charge in [0.25, 0.3) is 0 Å². The second-order valence-corrected chi connectivity index (χ2v) is 7.36. The van der Waals surface area contributed by atoms with Crippen LogP contribution in [0.4, 0.5) is 9.59 Å². The molecule has 0 radical (unpaired) electrons. The molecule has 0 spiro atoms. The Balaban J connectivity index is 2.28. The average Bonchev–Trinajstić information content (AvgIpc) is 2.87. The molecule has 0 unspecified atom stereocenters. The predicted molar refractivity (Wildman–Crippen MR) is 128 cm³/mol. The van der Waals surface area contributed by atoms with Gasteiger partial charge in [-0.3, -0.25) is 0 Å². The normalized spacial score (nSPS) is 10.5. The molecule has 0 aliphatic rings. The van der Waals surface area contributed by atoms with Gasteiger partial charge in [-0.1, -0.05) is 55.5 Å². The van der Waals surface area contributed by atoms with E-state index >= 15 is 0 Å². The van der Waals surface area contributed by atoms with Gasteiger partial charge in [-0.15, -0.1) is 0 Å². The highest BCUT2D eigenvalue weighted by Crippen LogP contribution is 2.42. The van der Waals surface area contributed by atoms with Crippen molar-refractivity contribution in [3.8, 4) is 33.8 Å². The summed E-state index contributed by atoms with van der Waals surface area (Å²) in [6, 6.07) is 19.4. The summed E-state index contributed by atoms with van der Waals surface area (Å²) in [5.41, 5.74) is 5.24. The molecule has 0 saturated carbocycles.